The van der Waals surface area contributed by atoms with Crippen LogP contribution in [-0.4, -0.2) is 26.6 Å². The maximum Gasteiger partial charge on any atom is 0.185 e. The Morgan fingerprint density at radius 3 is 2.52 bits per heavy atom. The van der Waals surface area contributed by atoms with E-state index in [1.165, 1.54) is 0 Å². The van der Waals surface area contributed by atoms with Crippen LogP contribution in [0.1, 0.15) is 29.8 Å². The highest BCUT2D eigenvalue weighted by Crippen LogP contribution is 2.29. The number of carbonyl (C=O) groups is 1. The summed E-state index contributed by atoms with van der Waals surface area (Å²) >= 11 is 0. The number of rotatable bonds is 8. The molecule has 2 aromatic rings. The van der Waals surface area contributed by atoms with Crippen molar-refractivity contribution in [1.29, 1.82) is 0 Å². The number of ketones is 1. The van der Waals surface area contributed by atoms with E-state index in [0.717, 1.165) is 5.56 Å². The molecule has 0 bridgehead atoms. The number of hydrogen-bond donors (Lipinski definition) is 0. The van der Waals surface area contributed by atoms with E-state index in [2.05, 4.69) is 13.8 Å². The molecule has 132 valence electrons. The minimum absolute atomic E-state index is 0.0839. The molecule has 0 aliphatic rings. The maximum absolute atomic E-state index is 12.3. The van der Waals surface area contributed by atoms with Crippen molar-refractivity contribution in [2.45, 2.75) is 13.8 Å². The molecular weight excluding hydrogens is 316 g/mol. The van der Waals surface area contributed by atoms with Gasteiger partial charge in [0.15, 0.2) is 17.3 Å². The van der Waals surface area contributed by atoms with E-state index in [1.807, 2.05) is 24.3 Å². The zero-order chi connectivity index (χ0) is 18.2. The first kappa shape index (κ1) is 18.6. The summed E-state index contributed by atoms with van der Waals surface area (Å²) in [6.45, 7) is 4.78. The standard InChI is InChI=1S/C21H24O4/c1-15(2)14-25-21-12-16(9-11-20(21)24-4)8-10-19(22)17-6-5-7-18(13-17)23-3/h5-13,15H,14H2,1-4H3/b10-8+. The van der Waals surface area contributed by atoms with Gasteiger partial charge in [-0.25, -0.2) is 0 Å². The molecule has 25 heavy (non-hydrogen) atoms. The van der Waals surface area contributed by atoms with Crippen LogP contribution in [0, 0.1) is 5.92 Å². The summed E-state index contributed by atoms with van der Waals surface area (Å²) in [7, 11) is 3.19. The lowest BCUT2D eigenvalue weighted by atomic mass is 10.1. The first-order chi connectivity index (χ1) is 12.0. The van der Waals surface area contributed by atoms with E-state index in [-0.39, 0.29) is 5.78 Å². The molecule has 0 unspecified atom stereocenters. The average molecular weight is 340 g/mol. The third-order valence-corrected chi connectivity index (χ3v) is 3.54. The second kappa shape index (κ2) is 8.92. The van der Waals surface area contributed by atoms with E-state index >= 15 is 0 Å². The van der Waals surface area contributed by atoms with Gasteiger partial charge in [-0.05, 0) is 41.8 Å². The molecule has 4 heteroatoms. The van der Waals surface area contributed by atoms with Crippen molar-refractivity contribution in [2.24, 2.45) is 5.92 Å². The predicted molar refractivity (Wildman–Crippen MR) is 99.7 cm³/mol. The Bertz CT molecular complexity index is 747. The second-order valence-corrected chi connectivity index (χ2v) is 6.04. The Morgan fingerprint density at radius 1 is 1.04 bits per heavy atom. The lowest BCUT2D eigenvalue weighted by Crippen LogP contribution is -2.05. The molecule has 4 nitrogen and oxygen atoms in total. The Kier molecular flexibility index (Phi) is 6.63. The van der Waals surface area contributed by atoms with Crippen LogP contribution in [0.15, 0.2) is 48.5 Å². The summed E-state index contributed by atoms with van der Waals surface area (Å²) in [6, 6.07) is 12.7. The van der Waals surface area contributed by atoms with Crippen LogP contribution in [0.4, 0.5) is 0 Å². The normalized spacial score (nSPS) is 10.9. The Morgan fingerprint density at radius 2 is 1.84 bits per heavy atom. The number of hydrogen-bond acceptors (Lipinski definition) is 4. The Hall–Kier alpha value is -2.75. The fraction of sp³-hybridized carbons (Fsp3) is 0.286. The molecule has 0 aliphatic carbocycles. The molecule has 2 aromatic carbocycles. The van der Waals surface area contributed by atoms with Crippen molar-refractivity contribution in [3.63, 3.8) is 0 Å². The summed E-state index contributed by atoms with van der Waals surface area (Å²) in [4.78, 5) is 12.3. The number of ether oxygens (including phenoxy) is 3. The smallest absolute Gasteiger partial charge is 0.185 e. The van der Waals surface area contributed by atoms with Gasteiger partial charge in [0.05, 0.1) is 20.8 Å². The van der Waals surface area contributed by atoms with Crippen LogP contribution in [0.5, 0.6) is 17.2 Å². The largest absolute Gasteiger partial charge is 0.497 e. The highest BCUT2D eigenvalue weighted by Gasteiger charge is 2.07. The molecule has 0 amide bonds. The molecule has 2 rings (SSSR count). The van der Waals surface area contributed by atoms with Gasteiger partial charge in [0.2, 0.25) is 0 Å². The van der Waals surface area contributed by atoms with Gasteiger partial charge in [-0.3, -0.25) is 4.79 Å². The summed E-state index contributed by atoms with van der Waals surface area (Å²) < 4.78 is 16.3. The fourth-order valence-electron chi connectivity index (χ4n) is 2.21. The van der Waals surface area contributed by atoms with Gasteiger partial charge < -0.3 is 14.2 Å². The lowest BCUT2D eigenvalue weighted by Gasteiger charge is -2.13. The minimum atomic E-state index is -0.0839. The summed E-state index contributed by atoms with van der Waals surface area (Å²) in [6.07, 6.45) is 3.31. The lowest BCUT2D eigenvalue weighted by molar-refractivity contribution is 0.104. The van der Waals surface area contributed by atoms with Crippen molar-refractivity contribution in [3.8, 4) is 17.2 Å². The molecule has 0 saturated heterocycles. The zero-order valence-corrected chi connectivity index (χ0v) is 15.1. The van der Waals surface area contributed by atoms with Gasteiger partial charge in [0.1, 0.15) is 5.75 Å². The van der Waals surface area contributed by atoms with Crippen LogP contribution < -0.4 is 14.2 Å². The number of carbonyl (C=O) groups excluding carboxylic acids is 1. The molecule has 0 radical (unpaired) electrons. The van der Waals surface area contributed by atoms with Crippen LogP contribution in [0.2, 0.25) is 0 Å². The molecular formula is C21H24O4. The van der Waals surface area contributed by atoms with E-state index in [0.29, 0.717) is 35.3 Å². The van der Waals surface area contributed by atoms with Crippen LogP contribution >= 0.6 is 0 Å². The van der Waals surface area contributed by atoms with Crippen LogP contribution in [0.3, 0.4) is 0 Å². The molecule has 0 saturated carbocycles. The highest BCUT2D eigenvalue weighted by molar-refractivity contribution is 6.07. The van der Waals surface area contributed by atoms with Crippen molar-refractivity contribution < 1.29 is 19.0 Å². The quantitative estimate of drug-likeness (QED) is 0.519. The van der Waals surface area contributed by atoms with Crippen molar-refractivity contribution in [3.05, 3.63) is 59.7 Å². The van der Waals surface area contributed by atoms with Crippen molar-refractivity contribution in [1.82, 2.24) is 0 Å². The SMILES string of the molecule is COc1cccc(C(=O)/C=C/c2ccc(OC)c(OCC(C)C)c2)c1. The predicted octanol–water partition coefficient (Wildman–Crippen LogP) is 4.63. The summed E-state index contributed by atoms with van der Waals surface area (Å²) in [5.41, 5.74) is 1.45. The van der Waals surface area contributed by atoms with Crippen LogP contribution in [0.25, 0.3) is 6.08 Å². The molecule has 0 heterocycles. The summed E-state index contributed by atoms with van der Waals surface area (Å²) in [5.74, 6) is 2.34. The van der Waals surface area contributed by atoms with E-state index < -0.39 is 0 Å². The molecule has 0 aliphatic heterocycles. The average Bonchev–Trinajstić information content (AvgIpc) is 2.64. The van der Waals surface area contributed by atoms with Gasteiger partial charge in [-0.15, -0.1) is 0 Å². The van der Waals surface area contributed by atoms with E-state index in [4.69, 9.17) is 14.2 Å². The minimum Gasteiger partial charge on any atom is -0.497 e. The topological polar surface area (TPSA) is 44.8 Å². The number of allylic oxidation sites excluding steroid dienone is 1. The monoisotopic (exact) mass is 340 g/mol. The number of methoxy groups -OCH3 is 2. The van der Waals surface area contributed by atoms with Gasteiger partial charge >= 0.3 is 0 Å². The van der Waals surface area contributed by atoms with E-state index in [9.17, 15) is 4.79 Å². The zero-order valence-electron chi connectivity index (χ0n) is 15.1. The third-order valence-electron chi connectivity index (χ3n) is 3.54. The van der Waals surface area contributed by atoms with Crippen molar-refractivity contribution >= 4 is 11.9 Å². The first-order valence-corrected chi connectivity index (χ1v) is 8.20. The Balaban J connectivity index is 2.16. The molecule has 0 spiro atoms. The van der Waals surface area contributed by atoms with Gasteiger partial charge in [0, 0.05) is 5.56 Å². The highest BCUT2D eigenvalue weighted by atomic mass is 16.5. The number of benzene rings is 2. The van der Waals surface area contributed by atoms with Crippen molar-refractivity contribution in [2.75, 3.05) is 20.8 Å². The van der Waals surface area contributed by atoms with Crippen LogP contribution in [-0.2, 0) is 0 Å². The summed E-state index contributed by atoms with van der Waals surface area (Å²) in [5, 5.41) is 0. The van der Waals surface area contributed by atoms with E-state index in [1.54, 1.807) is 44.6 Å². The van der Waals surface area contributed by atoms with Gasteiger partial charge in [-0.1, -0.05) is 38.1 Å². The molecule has 0 N–H and O–H groups in total. The van der Waals surface area contributed by atoms with Gasteiger partial charge in [-0.2, -0.15) is 0 Å². The van der Waals surface area contributed by atoms with Gasteiger partial charge in [0.25, 0.3) is 0 Å². The molecule has 0 fully saturated rings. The first-order valence-electron chi connectivity index (χ1n) is 8.20. The Labute approximate surface area is 149 Å². The maximum atomic E-state index is 12.3. The third kappa shape index (κ3) is 5.38. The fourth-order valence-corrected chi connectivity index (χ4v) is 2.21. The molecule has 0 aromatic heterocycles. The second-order valence-electron chi connectivity index (χ2n) is 6.04. The molecule has 0 atom stereocenters.